The van der Waals surface area contributed by atoms with E-state index in [0.29, 0.717) is 6.42 Å². The van der Waals surface area contributed by atoms with Crippen LogP contribution in [0.4, 0.5) is 0 Å². The molecular formula is C26H48O15. The Labute approximate surface area is 239 Å². The Morgan fingerprint density at radius 1 is 0.610 bits per heavy atom. The second-order valence-corrected chi connectivity index (χ2v) is 10.9. The van der Waals surface area contributed by atoms with Gasteiger partial charge in [0.2, 0.25) is 0 Å². The minimum atomic E-state index is -1.69. The molecule has 3 heterocycles. The number of aliphatic hydroxyl groups is 9. The lowest BCUT2D eigenvalue weighted by Crippen LogP contribution is -2.64. The molecule has 9 N–H and O–H groups in total. The second-order valence-electron chi connectivity index (χ2n) is 10.9. The van der Waals surface area contributed by atoms with Gasteiger partial charge < -0.3 is 74.4 Å². The van der Waals surface area contributed by atoms with E-state index in [-0.39, 0.29) is 13.0 Å². The molecule has 0 saturated carbocycles. The standard InChI is InChI=1S/C26H48O15/c1-2-3-4-5-6-7-8-36-25-22(35)23(41-26-17(30)14(29)9-13(10-27)38-26)19(32)16(40-25)12-37-24-21(34)20(33)18(31)15(11-28)39-24/h13-35H,2-12H2,1H3/t13-,14-,15+,16+,17-,18+,19+,20-,21-,22-,23-,24-,25+,26+/m0/s1. The Balaban J connectivity index is 1.68. The Kier molecular flexibility index (Phi) is 14.5. The highest BCUT2D eigenvalue weighted by Crippen LogP contribution is 2.31. The van der Waals surface area contributed by atoms with E-state index in [1.165, 1.54) is 0 Å². The van der Waals surface area contributed by atoms with Crippen LogP contribution < -0.4 is 0 Å². The molecule has 3 saturated heterocycles. The molecular weight excluding hydrogens is 552 g/mol. The van der Waals surface area contributed by atoms with Crippen molar-refractivity contribution in [1.29, 1.82) is 0 Å². The van der Waals surface area contributed by atoms with Crippen LogP contribution in [-0.4, -0.2) is 158 Å². The number of rotatable bonds is 15. The van der Waals surface area contributed by atoms with E-state index >= 15 is 0 Å². The van der Waals surface area contributed by atoms with Crippen molar-refractivity contribution < 1.29 is 74.4 Å². The first-order valence-electron chi connectivity index (χ1n) is 14.5. The van der Waals surface area contributed by atoms with E-state index < -0.39 is 106 Å². The van der Waals surface area contributed by atoms with Gasteiger partial charge in [0.05, 0.1) is 32.0 Å². The van der Waals surface area contributed by atoms with Crippen molar-refractivity contribution in [2.45, 2.75) is 138 Å². The molecule has 0 aromatic heterocycles. The van der Waals surface area contributed by atoms with Gasteiger partial charge in [0.1, 0.15) is 54.9 Å². The van der Waals surface area contributed by atoms with Crippen molar-refractivity contribution in [2.75, 3.05) is 26.4 Å². The fourth-order valence-electron chi connectivity index (χ4n) is 5.12. The van der Waals surface area contributed by atoms with Crippen LogP contribution in [0.15, 0.2) is 0 Å². The van der Waals surface area contributed by atoms with E-state index in [1.807, 2.05) is 0 Å². The van der Waals surface area contributed by atoms with E-state index in [0.717, 1.165) is 32.1 Å². The van der Waals surface area contributed by atoms with Crippen LogP contribution in [0.25, 0.3) is 0 Å². The number of ether oxygens (including phenoxy) is 6. The molecule has 0 bridgehead atoms. The van der Waals surface area contributed by atoms with Gasteiger partial charge in [-0.25, -0.2) is 0 Å². The van der Waals surface area contributed by atoms with E-state index in [9.17, 15) is 46.0 Å². The first-order chi connectivity index (χ1) is 19.6. The summed E-state index contributed by atoms with van der Waals surface area (Å²) in [4.78, 5) is 0. The van der Waals surface area contributed by atoms with Gasteiger partial charge in [-0.3, -0.25) is 0 Å². The lowest BCUT2D eigenvalue weighted by atomic mass is 9.97. The maximum Gasteiger partial charge on any atom is 0.186 e. The SMILES string of the molecule is CCCCCCCCO[C@@H]1O[C@H](CO[C@H]2O[C@H](CO)[C@@H](O)[C@H](O)[C@@H]2O)[C@@H](O)[C@H](O[C@H]2O[C@H](CO)C[C@H](O)[C@@H]2O)[C@@H]1O. The Bertz CT molecular complexity index is 731. The lowest BCUT2D eigenvalue weighted by molar-refractivity contribution is -0.359. The van der Waals surface area contributed by atoms with Crippen molar-refractivity contribution in [3.63, 3.8) is 0 Å². The van der Waals surface area contributed by atoms with E-state index in [1.54, 1.807) is 0 Å². The molecule has 0 aliphatic carbocycles. The zero-order valence-electron chi connectivity index (χ0n) is 23.3. The van der Waals surface area contributed by atoms with E-state index in [4.69, 9.17) is 28.4 Å². The fourth-order valence-corrected chi connectivity index (χ4v) is 5.12. The quantitative estimate of drug-likeness (QED) is 0.0844. The van der Waals surface area contributed by atoms with Gasteiger partial charge in [0.15, 0.2) is 18.9 Å². The van der Waals surface area contributed by atoms with Crippen molar-refractivity contribution in [2.24, 2.45) is 0 Å². The van der Waals surface area contributed by atoms with Crippen LogP contribution in [0.5, 0.6) is 0 Å². The minimum absolute atomic E-state index is 0.0457. The molecule has 242 valence electrons. The first-order valence-corrected chi connectivity index (χ1v) is 14.5. The third-order valence-corrected chi connectivity index (χ3v) is 7.69. The summed E-state index contributed by atoms with van der Waals surface area (Å²) in [6.45, 7) is 0.766. The Morgan fingerprint density at radius 3 is 1.95 bits per heavy atom. The Hall–Kier alpha value is -0.600. The summed E-state index contributed by atoms with van der Waals surface area (Å²) in [6, 6.07) is 0. The maximum absolute atomic E-state index is 11.1. The molecule has 41 heavy (non-hydrogen) atoms. The monoisotopic (exact) mass is 600 g/mol. The summed E-state index contributed by atoms with van der Waals surface area (Å²) in [5, 5.41) is 91.8. The third kappa shape index (κ3) is 9.20. The zero-order valence-corrected chi connectivity index (χ0v) is 23.3. The van der Waals surface area contributed by atoms with Crippen LogP contribution in [0, 0.1) is 0 Å². The van der Waals surface area contributed by atoms with Gasteiger partial charge in [-0.2, -0.15) is 0 Å². The van der Waals surface area contributed by atoms with Crippen LogP contribution in [0.1, 0.15) is 51.9 Å². The molecule has 0 aromatic carbocycles. The first kappa shape index (κ1) is 34.9. The van der Waals surface area contributed by atoms with Crippen LogP contribution in [0.3, 0.4) is 0 Å². The number of unbranched alkanes of at least 4 members (excludes halogenated alkanes) is 5. The van der Waals surface area contributed by atoms with Crippen LogP contribution in [0.2, 0.25) is 0 Å². The van der Waals surface area contributed by atoms with Gasteiger partial charge in [-0.15, -0.1) is 0 Å². The molecule has 3 fully saturated rings. The number of hydrogen-bond acceptors (Lipinski definition) is 15. The van der Waals surface area contributed by atoms with Gasteiger partial charge >= 0.3 is 0 Å². The summed E-state index contributed by atoms with van der Waals surface area (Å²) in [5.41, 5.74) is 0. The molecule has 0 radical (unpaired) electrons. The average molecular weight is 601 g/mol. The molecule has 3 aliphatic rings. The van der Waals surface area contributed by atoms with Crippen molar-refractivity contribution in [3.8, 4) is 0 Å². The summed E-state index contributed by atoms with van der Waals surface area (Å²) < 4.78 is 33.7. The topological polar surface area (TPSA) is 237 Å². The fraction of sp³-hybridized carbons (Fsp3) is 1.00. The van der Waals surface area contributed by atoms with Gasteiger partial charge in [-0.05, 0) is 6.42 Å². The number of hydrogen-bond donors (Lipinski definition) is 9. The smallest absolute Gasteiger partial charge is 0.186 e. The summed E-state index contributed by atoms with van der Waals surface area (Å²) in [7, 11) is 0. The predicted molar refractivity (Wildman–Crippen MR) is 137 cm³/mol. The molecule has 15 nitrogen and oxygen atoms in total. The highest BCUT2D eigenvalue weighted by molar-refractivity contribution is 4.94. The molecule has 0 aromatic rings. The zero-order chi connectivity index (χ0) is 30.1. The average Bonchev–Trinajstić information content (AvgIpc) is 2.96. The molecule has 3 rings (SSSR count). The van der Waals surface area contributed by atoms with E-state index in [2.05, 4.69) is 6.92 Å². The van der Waals surface area contributed by atoms with Crippen LogP contribution in [-0.2, 0) is 28.4 Å². The van der Waals surface area contributed by atoms with Crippen LogP contribution >= 0.6 is 0 Å². The highest BCUT2D eigenvalue weighted by atomic mass is 16.7. The molecule has 0 unspecified atom stereocenters. The van der Waals surface area contributed by atoms with Crippen molar-refractivity contribution in [3.05, 3.63) is 0 Å². The summed E-state index contributed by atoms with van der Waals surface area (Å²) >= 11 is 0. The minimum Gasteiger partial charge on any atom is -0.394 e. The maximum atomic E-state index is 11.1. The van der Waals surface area contributed by atoms with Crippen molar-refractivity contribution >= 4 is 0 Å². The largest absolute Gasteiger partial charge is 0.394 e. The predicted octanol–water partition coefficient (Wildman–Crippen LogP) is -3.16. The Morgan fingerprint density at radius 2 is 1.27 bits per heavy atom. The molecule has 15 heteroatoms. The molecule has 14 atom stereocenters. The number of aliphatic hydroxyl groups excluding tert-OH is 9. The van der Waals surface area contributed by atoms with Gasteiger partial charge in [-0.1, -0.05) is 39.0 Å². The van der Waals surface area contributed by atoms with Gasteiger partial charge in [0, 0.05) is 13.0 Å². The second kappa shape index (κ2) is 17.0. The lowest BCUT2D eigenvalue weighted by Gasteiger charge is -2.46. The van der Waals surface area contributed by atoms with Crippen molar-refractivity contribution in [1.82, 2.24) is 0 Å². The molecule has 3 aliphatic heterocycles. The molecule has 0 amide bonds. The van der Waals surface area contributed by atoms with Gasteiger partial charge in [0.25, 0.3) is 0 Å². The normalized spacial score (nSPS) is 43.8. The summed E-state index contributed by atoms with van der Waals surface area (Å²) in [5.74, 6) is 0. The third-order valence-electron chi connectivity index (χ3n) is 7.69. The highest BCUT2D eigenvalue weighted by Gasteiger charge is 2.50. The molecule has 0 spiro atoms. The summed E-state index contributed by atoms with van der Waals surface area (Å²) in [6.07, 6.45) is -14.1.